The van der Waals surface area contributed by atoms with Crippen molar-refractivity contribution in [2.24, 2.45) is 0 Å². The van der Waals surface area contributed by atoms with Crippen LogP contribution in [0.5, 0.6) is 0 Å². The third kappa shape index (κ3) is 17.8. The van der Waals surface area contributed by atoms with Crippen molar-refractivity contribution in [3.05, 3.63) is 12.3 Å². The maximum atomic E-state index is 5.75. The molecule has 0 radical (unpaired) electrons. The first kappa shape index (κ1) is 23.4. The summed E-state index contributed by atoms with van der Waals surface area (Å²) >= 11 is 0. The minimum Gasteiger partial charge on any atom is -0.476 e. The SMILES string of the molecule is CCCOC(CCCCCCCCCC=COCOC)OCCC. The number of hydrogen-bond donors (Lipinski definition) is 0. The number of rotatable bonds is 19. The van der Waals surface area contributed by atoms with Gasteiger partial charge in [0.05, 0.1) is 6.26 Å². The Morgan fingerprint density at radius 2 is 1.38 bits per heavy atom. The van der Waals surface area contributed by atoms with Gasteiger partial charge in [-0.3, -0.25) is 0 Å². The van der Waals surface area contributed by atoms with Gasteiger partial charge in [0.2, 0.25) is 0 Å². The molecule has 0 aliphatic rings. The molecule has 144 valence electrons. The standard InChI is InChI=1S/C20H40O4/c1-4-16-23-20(24-17-5-2)15-13-11-9-7-6-8-10-12-14-18-22-19-21-3/h14,18,20H,4-13,15-17,19H2,1-3H3. The molecule has 24 heavy (non-hydrogen) atoms. The van der Waals surface area contributed by atoms with Crippen molar-refractivity contribution in [2.45, 2.75) is 90.8 Å². The van der Waals surface area contributed by atoms with Gasteiger partial charge in [-0.25, -0.2) is 0 Å². The first-order valence-corrected chi connectivity index (χ1v) is 9.83. The summed E-state index contributed by atoms with van der Waals surface area (Å²) < 4.78 is 21.4. The third-order valence-corrected chi connectivity index (χ3v) is 3.70. The molecule has 0 unspecified atom stereocenters. The summed E-state index contributed by atoms with van der Waals surface area (Å²) in [6, 6.07) is 0. The molecular formula is C20H40O4. The lowest BCUT2D eigenvalue weighted by Crippen LogP contribution is -2.18. The van der Waals surface area contributed by atoms with Crippen LogP contribution in [-0.2, 0) is 18.9 Å². The van der Waals surface area contributed by atoms with Crippen LogP contribution >= 0.6 is 0 Å². The first-order valence-electron chi connectivity index (χ1n) is 9.83. The fourth-order valence-corrected chi connectivity index (χ4v) is 2.41. The van der Waals surface area contributed by atoms with Crippen LogP contribution in [0.3, 0.4) is 0 Å². The van der Waals surface area contributed by atoms with Crippen molar-refractivity contribution in [3.63, 3.8) is 0 Å². The van der Waals surface area contributed by atoms with E-state index in [0.29, 0.717) is 6.79 Å². The molecule has 0 saturated carbocycles. The zero-order valence-electron chi connectivity index (χ0n) is 16.3. The van der Waals surface area contributed by atoms with Crippen molar-refractivity contribution in [2.75, 3.05) is 27.1 Å². The van der Waals surface area contributed by atoms with Crippen LogP contribution in [-0.4, -0.2) is 33.4 Å². The van der Waals surface area contributed by atoms with Crippen LogP contribution in [0.2, 0.25) is 0 Å². The molecule has 0 fully saturated rings. The fraction of sp³-hybridized carbons (Fsp3) is 0.900. The molecular weight excluding hydrogens is 304 g/mol. The summed E-state index contributed by atoms with van der Waals surface area (Å²) in [4.78, 5) is 0. The highest BCUT2D eigenvalue weighted by Crippen LogP contribution is 2.13. The summed E-state index contributed by atoms with van der Waals surface area (Å²) in [6.45, 7) is 6.22. The molecule has 0 atom stereocenters. The lowest BCUT2D eigenvalue weighted by molar-refractivity contribution is -0.146. The highest BCUT2D eigenvalue weighted by molar-refractivity contribution is 4.72. The van der Waals surface area contributed by atoms with Gasteiger partial charge >= 0.3 is 0 Å². The molecule has 4 heteroatoms. The van der Waals surface area contributed by atoms with E-state index in [0.717, 1.165) is 38.9 Å². The van der Waals surface area contributed by atoms with Gasteiger partial charge in [0.25, 0.3) is 0 Å². The second-order valence-corrected chi connectivity index (χ2v) is 6.17. The number of unbranched alkanes of at least 4 members (excludes halogenated alkanes) is 7. The fourth-order valence-electron chi connectivity index (χ4n) is 2.41. The highest BCUT2D eigenvalue weighted by Gasteiger charge is 2.08. The zero-order valence-corrected chi connectivity index (χ0v) is 16.3. The van der Waals surface area contributed by atoms with Gasteiger partial charge in [0, 0.05) is 20.3 Å². The number of hydrogen-bond acceptors (Lipinski definition) is 4. The number of allylic oxidation sites excluding steroid dienone is 1. The van der Waals surface area contributed by atoms with Gasteiger partial charge in [0.15, 0.2) is 13.1 Å². The zero-order chi connectivity index (χ0) is 17.7. The molecule has 0 N–H and O–H groups in total. The Labute approximate surface area is 149 Å². The van der Waals surface area contributed by atoms with Gasteiger partial charge in [-0.15, -0.1) is 0 Å². The molecule has 0 bridgehead atoms. The minimum absolute atomic E-state index is 0.0111. The quantitative estimate of drug-likeness (QED) is 0.168. The van der Waals surface area contributed by atoms with Crippen LogP contribution in [0.1, 0.15) is 84.5 Å². The van der Waals surface area contributed by atoms with Gasteiger partial charge in [0.1, 0.15) is 0 Å². The number of methoxy groups -OCH3 is 1. The molecule has 0 aliphatic carbocycles. The summed E-state index contributed by atoms with van der Waals surface area (Å²) in [5.74, 6) is 0. The van der Waals surface area contributed by atoms with Crippen LogP contribution in [0.15, 0.2) is 12.3 Å². The monoisotopic (exact) mass is 344 g/mol. The van der Waals surface area contributed by atoms with E-state index in [9.17, 15) is 0 Å². The van der Waals surface area contributed by atoms with Crippen LogP contribution < -0.4 is 0 Å². The first-order chi connectivity index (χ1) is 11.8. The van der Waals surface area contributed by atoms with E-state index in [1.165, 1.54) is 44.9 Å². The van der Waals surface area contributed by atoms with E-state index in [1.54, 1.807) is 13.4 Å². The normalized spacial score (nSPS) is 11.7. The van der Waals surface area contributed by atoms with Gasteiger partial charge in [-0.1, -0.05) is 46.0 Å². The van der Waals surface area contributed by atoms with Crippen LogP contribution in [0, 0.1) is 0 Å². The van der Waals surface area contributed by atoms with Gasteiger partial charge < -0.3 is 18.9 Å². The second kappa shape index (κ2) is 20.5. The molecule has 0 heterocycles. The molecule has 0 saturated heterocycles. The Bertz CT molecular complexity index is 248. The minimum atomic E-state index is 0.0111. The Balaban J connectivity index is 3.36. The Kier molecular flexibility index (Phi) is 20.0. The molecule has 0 amide bonds. The summed E-state index contributed by atoms with van der Waals surface area (Å²) in [5, 5.41) is 0. The van der Waals surface area contributed by atoms with E-state index in [1.807, 2.05) is 0 Å². The van der Waals surface area contributed by atoms with E-state index in [-0.39, 0.29) is 6.29 Å². The average Bonchev–Trinajstić information content (AvgIpc) is 2.60. The lowest BCUT2D eigenvalue weighted by atomic mass is 10.1. The molecule has 4 nitrogen and oxygen atoms in total. The van der Waals surface area contributed by atoms with Crippen LogP contribution in [0.25, 0.3) is 0 Å². The predicted octanol–water partition coefficient (Wildman–Crippen LogP) is 5.81. The molecule has 0 aromatic heterocycles. The van der Waals surface area contributed by atoms with Gasteiger partial charge in [-0.05, 0) is 44.6 Å². The Morgan fingerprint density at radius 1 is 0.792 bits per heavy atom. The average molecular weight is 345 g/mol. The largest absolute Gasteiger partial charge is 0.476 e. The molecule has 0 aliphatic heterocycles. The van der Waals surface area contributed by atoms with Crippen molar-refractivity contribution >= 4 is 0 Å². The third-order valence-electron chi connectivity index (χ3n) is 3.70. The Hall–Kier alpha value is -0.580. The predicted molar refractivity (Wildman–Crippen MR) is 99.9 cm³/mol. The van der Waals surface area contributed by atoms with Crippen molar-refractivity contribution in [1.82, 2.24) is 0 Å². The van der Waals surface area contributed by atoms with Gasteiger partial charge in [-0.2, -0.15) is 0 Å². The summed E-state index contributed by atoms with van der Waals surface area (Å²) in [5.41, 5.74) is 0. The van der Waals surface area contributed by atoms with Crippen molar-refractivity contribution < 1.29 is 18.9 Å². The second-order valence-electron chi connectivity index (χ2n) is 6.17. The lowest BCUT2D eigenvalue weighted by Gasteiger charge is -2.18. The maximum absolute atomic E-state index is 5.75. The van der Waals surface area contributed by atoms with E-state index in [4.69, 9.17) is 18.9 Å². The van der Waals surface area contributed by atoms with Crippen molar-refractivity contribution in [1.29, 1.82) is 0 Å². The van der Waals surface area contributed by atoms with Crippen molar-refractivity contribution in [3.8, 4) is 0 Å². The smallest absolute Gasteiger partial charge is 0.187 e. The molecule has 0 spiro atoms. The Morgan fingerprint density at radius 3 is 1.96 bits per heavy atom. The topological polar surface area (TPSA) is 36.9 Å². The molecule has 0 aromatic rings. The maximum Gasteiger partial charge on any atom is 0.187 e. The summed E-state index contributed by atoms with van der Waals surface area (Å²) in [7, 11) is 1.63. The van der Waals surface area contributed by atoms with Crippen LogP contribution in [0.4, 0.5) is 0 Å². The number of ether oxygens (including phenoxy) is 4. The van der Waals surface area contributed by atoms with E-state index >= 15 is 0 Å². The molecule has 0 rings (SSSR count). The highest BCUT2D eigenvalue weighted by atomic mass is 16.7. The van der Waals surface area contributed by atoms with E-state index < -0.39 is 0 Å². The summed E-state index contributed by atoms with van der Waals surface area (Å²) in [6.07, 6.45) is 17.1. The molecule has 0 aromatic carbocycles. The van der Waals surface area contributed by atoms with E-state index in [2.05, 4.69) is 19.9 Å².